The fourth-order valence-corrected chi connectivity index (χ4v) is 3.51. The van der Waals surface area contributed by atoms with Crippen molar-refractivity contribution in [2.45, 2.75) is 39.2 Å². The summed E-state index contributed by atoms with van der Waals surface area (Å²) in [5, 5.41) is 4.18. The SMILES string of the molecule is CCCNC(Cc1cc(F)ccc1Cl)c1ccc(CC)s1. The molecule has 114 valence electrons. The van der Waals surface area contributed by atoms with E-state index in [0.717, 1.165) is 24.9 Å². The molecule has 0 saturated heterocycles. The van der Waals surface area contributed by atoms with Gasteiger partial charge in [-0.05, 0) is 61.7 Å². The third-order valence-electron chi connectivity index (χ3n) is 3.45. The van der Waals surface area contributed by atoms with E-state index < -0.39 is 0 Å². The lowest BCUT2D eigenvalue weighted by molar-refractivity contribution is 0.534. The molecule has 0 saturated carbocycles. The standard InChI is InChI=1S/C17H21ClFNS/c1-3-9-20-16(17-8-6-14(4-2)21-17)11-12-10-13(19)5-7-15(12)18/h5-8,10,16,20H,3-4,9,11H2,1-2H3. The number of halogens is 2. The van der Waals surface area contributed by atoms with E-state index in [4.69, 9.17) is 11.6 Å². The molecule has 0 aliphatic heterocycles. The fraction of sp³-hybridized carbons (Fsp3) is 0.412. The van der Waals surface area contributed by atoms with Crippen LogP contribution in [0.15, 0.2) is 30.3 Å². The quantitative estimate of drug-likeness (QED) is 0.720. The average Bonchev–Trinajstić information content (AvgIpc) is 2.95. The average molecular weight is 326 g/mol. The summed E-state index contributed by atoms with van der Waals surface area (Å²) in [6.45, 7) is 5.25. The molecule has 1 nitrogen and oxygen atoms in total. The molecule has 2 aromatic rings. The van der Waals surface area contributed by atoms with Gasteiger partial charge in [-0.2, -0.15) is 0 Å². The fourth-order valence-electron chi connectivity index (χ4n) is 2.28. The Morgan fingerprint density at radius 1 is 1.24 bits per heavy atom. The zero-order valence-electron chi connectivity index (χ0n) is 12.5. The van der Waals surface area contributed by atoms with Gasteiger partial charge in [-0.3, -0.25) is 0 Å². The predicted octanol–water partition coefficient (Wildman–Crippen LogP) is 5.39. The molecule has 21 heavy (non-hydrogen) atoms. The lowest BCUT2D eigenvalue weighted by Gasteiger charge is -2.18. The van der Waals surface area contributed by atoms with Crippen molar-refractivity contribution in [1.82, 2.24) is 5.32 Å². The summed E-state index contributed by atoms with van der Waals surface area (Å²) in [6.07, 6.45) is 2.82. The molecule has 1 atom stereocenters. The van der Waals surface area contributed by atoms with Crippen molar-refractivity contribution < 1.29 is 4.39 Å². The van der Waals surface area contributed by atoms with Crippen LogP contribution in [0.25, 0.3) is 0 Å². The van der Waals surface area contributed by atoms with Crippen LogP contribution >= 0.6 is 22.9 Å². The van der Waals surface area contributed by atoms with Crippen molar-refractivity contribution in [1.29, 1.82) is 0 Å². The van der Waals surface area contributed by atoms with Gasteiger partial charge < -0.3 is 5.32 Å². The maximum absolute atomic E-state index is 13.4. The van der Waals surface area contributed by atoms with Crippen LogP contribution in [-0.4, -0.2) is 6.54 Å². The largest absolute Gasteiger partial charge is 0.309 e. The molecule has 0 fully saturated rings. The smallest absolute Gasteiger partial charge is 0.123 e. The minimum Gasteiger partial charge on any atom is -0.309 e. The maximum Gasteiger partial charge on any atom is 0.123 e. The van der Waals surface area contributed by atoms with Crippen molar-refractivity contribution in [2.75, 3.05) is 6.54 Å². The van der Waals surface area contributed by atoms with Crippen LogP contribution in [0.1, 0.15) is 41.6 Å². The van der Waals surface area contributed by atoms with Gasteiger partial charge in [-0.15, -0.1) is 11.3 Å². The number of thiophene rings is 1. The van der Waals surface area contributed by atoms with E-state index in [1.807, 2.05) is 11.3 Å². The van der Waals surface area contributed by atoms with E-state index in [1.165, 1.54) is 21.9 Å². The van der Waals surface area contributed by atoms with E-state index in [1.54, 1.807) is 6.07 Å². The molecule has 0 aliphatic carbocycles. The van der Waals surface area contributed by atoms with Crippen molar-refractivity contribution in [3.8, 4) is 0 Å². The predicted molar refractivity (Wildman–Crippen MR) is 89.8 cm³/mol. The number of hydrogen-bond acceptors (Lipinski definition) is 2. The number of rotatable bonds is 7. The highest BCUT2D eigenvalue weighted by Gasteiger charge is 2.16. The Morgan fingerprint density at radius 3 is 2.71 bits per heavy atom. The second kappa shape index (κ2) is 7.92. The highest BCUT2D eigenvalue weighted by atomic mass is 35.5. The van der Waals surface area contributed by atoms with Crippen LogP contribution in [0.4, 0.5) is 4.39 Å². The monoisotopic (exact) mass is 325 g/mol. The van der Waals surface area contributed by atoms with E-state index in [2.05, 4.69) is 31.3 Å². The first kappa shape index (κ1) is 16.5. The number of aryl methyl sites for hydroxylation is 1. The normalized spacial score (nSPS) is 12.6. The molecule has 1 aromatic heterocycles. The summed E-state index contributed by atoms with van der Waals surface area (Å²) in [5.41, 5.74) is 0.858. The Hall–Kier alpha value is -0.900. The first-order valence-corrected chi connectivity index (χ1v) is 8.59. The number of hydrogen-bond donors (Lipinski definition) is 1. The molecule has 1 aromatic carbocycles. The van der Waals surface area contributed by atoms with Gasteiger partial charge in [0, 0.05) is 20.8 Å². The van der Waals surface area contributed by atoms with E-state index in [9.17, 15) is 4.39 Å². The van der Waals surface area contributed by atoms with Crippen LogP contribution in [0.3, 0.4) is 0 Å². The highest BCUT2D eigenvalue weighted by Crippen LogP contribution is 2.29. The Labute approximate surface area is 135 Å². The zero-order valence-corrected chi connectivity index (χ0v) is 14.0. The highest BCUT2D eigenvalue weighted by molar-refractivity contribution is 7.12. The van der Waals surface area contributed by atoms with E-state index in [-0.39, 0.29) is 11.9 Å². The van der Waals surface area contributed by atoms with Gasteiger partial charge in [0.2, 0.25) is 0 Å². The van der Waals surface area contributed by atoms with Gasteiger partial charge >= 0.3 is 0 Å². The van der Waals surface area contributed by atoms with Gasteiger partial charge in [0.25, 0.3) is 0 Å². The summed E-state index contributed by atoms with van der Waals surface area (Å²) in [4.78, 5) is 2.67. The van der Waals surface area contributed by atoms with E-state index >= 15 is 0 Å². The molecular formula is C17H21ClFNS. The summed E-state index contributed by atoms with van der Waals surface area (Å²) < 4.78 is 13.4. The second-order valence-corrected chi connectivity index (χ2v) is 6.71. The molecular weight excluding hydrogens is 305 g/mol. The first-order chi connectivity index (χ1) is 10.1. The zero-order chi connectivity index (χ0) is 15.2. The Bertz CT molecular complexity index is 582. The third-order valence-corrected chi connectivity index (χ3v) is 5.16. The molecule has 4 heteroatoms. The molecule has 1 heterocycles. The minimum absolute atomic E-state index is 0.189. The summed E-state index contributed by atoms with van der Waals surface area (Å²) in [7, 11) is 0. The molecule has 0 bridgehead atoms. The molecule has 1 unspecified atom stereocenters. The first-order valence-electron chi connectivity index (χ1n) is 7.40. The summed E-state index contributed by atoms with van der Waals surface area (Å²) in [6, 6.07) is 9.11. The number of benzene rings is 1. The van der Waals surface area contributed by atoms with Gasteiger partial charge in [-0.1, -0.05) is 25.4 Å². The molecule has 0 aliphatic rings. The second-order valence-electron chi connectivity index (χ2n) is 5.10. The molecule has 0 spiro atoms. The molecule has 2 rings (SSSR count). The van der Waals surface area contributed by atoms with Crippen molar-refractivity contribution in [2.24, 2.45) is 0 Å². The molecule has 0 amide bonds. The Morgan fingerprint density at radius 2 is 2.05 bits per heavy atom. The lowest BCUT2D eigenvalue weighted by Crippen LogP contribution is -2.23. The topological polar surface area (TPSA) is 12.0 Å². The Kier molecular flexibility index (Phi) is 6.22. The Balaban J connectivity index is 2.21. The van der Waals surface area contributed by atoms with Gasteiger partial charge in [0.15, 0.2) is 0 Å². The minimum atomic E-state index is -0.232. The third kappa shape index (κ3) is 4.53. The van der Waals surface area contributed by atoms with E-state index in [0.29, 0.717) is 11.4 Å². The van der Waals surface area contributed by atoms with Crippen molar-refractivity contribution >= 4 is 22.9 Å². The van der Waals surface area contributed by atoms with Crippen molar-refractivity contribution in [3.63, 3.8) is 0 Å². The van der Waals surface area contributed by atoms with Gasteiger partial charge in [0.1, 0.15) is 5.82 Å². The summed E-state index contributed by atoms with van der Waals surface area (Å²) >= 11 is 8.02. The lowest BCUT2D eigenvalue weighted by atomic mass is 10.0. The van der Waals surface area contributed by atoms with Crippen LogP contribution in [-0.2, 0) is 12.8 Å². The van der Waals surface area contributed by atoms with Crippen LogP contribution in [0, 0.1) is 5.82 Å². The van der Waals surface area contributed by atoms with Crippen LogP contribution in [0.2, 0.25) is 5.02 Å². The number of nitrogens with one attached hydrogen (secondary N) is 1. The van der Waals surface area contributed by atoms with Crippen LogP contribution < -0.4 is 5.32 Å². The summed E-state index contributed by atoms with van der Waals surface area (Å²) in [5.74, 6) is -0.232. The molecule has 1 N–H and O–H groups in total. The van der Waals surface area contributed by atoms with Gasteiger partial charge in [-0.25, -0.2) is 4.39 Å². The molecule has 0 radical (unpaired) electrons. The van der Waals surface area contributed by atoms with Crippen LogP contribution in [0.5, 0.6) is 0 Å². The van der Waals surface area contributed by atoms with Gasteiger partial charge in [0.05, 0.1) is 0 Å². The van der Waals surface area contributed by atoms with Crippen molar-refractivity contribution in [3.05, 3.63) is 56.5 Å². The maximum atomic E-state index is 13.4.